The minimum absolute atomic E-state index is 0.0148. The van der Waals surface area contributed by atoms with Crippen molar-refractivity contribution < 1.29 is 5.11 Å². The van der Waals surface area contributed by atoms with Crippen molar-refractivity contribution in [1.29, 1.82) is 0 Å². The minimum Gasteiger partial charge on any atom is -0.393 e. The summed E-state index contributed by atoms with van der Waals surface area (Å²) in [6.07, 6.45) is 7.30. The molecule has 1 rings (SSSR count). The van der Waals surface area contributed by atoms with Crippen LogP contribution in [0.25, 0.3) is 0 Å². The van der Waals surface area contributed by atoms with Crippen LogP contribution in [0, 0.1) is 11.8 Å². The van der Waals surface area contributed by atoms with Gasteiger partial charge in [0, 0.05) is 0 Å². The molecule has 1 fully saturated rings. The van der Waals surface area contributed by atoms with Gasteiger partial charge < -0.3 is 5.11 Å². The predicted octanol–water partition coefficient (Wildman–Crippen LogP) is 2.97. The summed E-state index contributed by atoms with van der Waals surface area (Å²) in [5.74, 6) is 1.58. The Morgan fingerprint density at radius 3 is 2.58 bits per heavy atom. The van der Waals surface area contributed by atoms with E-state index in [1.807, 2.05) is 0 Å². The van der Waals surface area contributed by atoms with Crippen LogP contribution in [0.3, 0.4) is 0 Å². The maximum absolute atomic E-state index is 9.66. The molecule has 1 N–H and O–H groups in total. The van der Waals surface area contributed by atoms with Gasteiger partial charge in [-0.2, -0.15) is 0 Å². The van der Waals surface area contributed by atoms with Gasteiger partial charge in [0.1, 0.15) is 0 Å². The fourth-order valence-electron chi connectivity index (χ4n) is 1.91. The van der Waals surface area contributed by atoms with E-state index in [9.17, 15) is 5.11 Å². The van der Waals surface area contributed by atoms with Gasteiger partial charge in [-0.15, -0.1) is 0 Å². The molecule has 0 amide bonds. The van der Waals surface area contributed by atoms with Crippen LogP contribution in [-0.2, 0) is 0 Å². The van der Waals surface area contributed by atoms with E-state index in [0.717, 1.165) is 18.8 Å². The first-order chi connectivity index (χ1) is 5.72. The summed E-state index contributed by atoms with van der Waals surface area (Å²) in [7, 11) is 0. The van der Waals surface area contributed by atoms with Crippen LogP contribution in [0.15, 0.2) is 0 Å². The molecule has 0 aromatic carbocycles. The SMILES string of the molecule is CCCC(C)CC(O)CC1CC1. The second-order valence-electron chi connectivity index (χ2n) is 4.46. The largest absolute Gasteiger partial charge is 0.393 e. The Hall–Kier alpha value is -0.0400. The van der Waals surface area contributed by atoms with Crippen molar-refractivity contribution in [2.75, 3.05) is 0 Å². The molecular weight excluding hydrogens is 148 g/mol. The zero-order valence-corrected chi connectivity index (χ0v) is 8.42. The highest BCUT2D eigenvalue weighted by Crippen LogP contribution is 2.34. The second kappa shape index (κ2) is 4.86. The average Bonchev–Trinajstić information content (AvgIpc) is 2.71. The smallest absolute Gasteiger partial charge is 0.0545 e. The Morgan fingerprint density at radius 1 is 1.42 bits per heavy atom. The Kier molecular flexibility index (Phi) is 4.07. The Balaban J connectivity index is 2.02. The summed E-state index contributed by atoms with van der Waals surface area (Å²) >= 11 is 0. The molecule has 0 aromatic rings. The first-order valence-electron chi connectivity index (χ1n) is 5.40. The van der Waals surface area contributed by atoms with Gasteiger partial charge in [0.05, 0.1) is 6.10 Å². The Morgan fingerprint density at radius 2 is 2.08 bits per heavy atom. The van der Waals surface area contributed by atoms with E-state index in [2.05, 4.69) is 13.8 Å². The van der Waals surface area contributed by atoms with Crippen molar-refractivity contribution >= 4 is 0 Å². The highest BCUT2D eigenvalue weighted by atomic mass is 16.3. The summed E-state index contributed by atoms with van der Waals surface area (Å²) in [6, 6.07) is 0. The van der Waals surface area contributed by atoms with Crippen LogP contribution >= 0.6 is 0 Å². The standard InChI is InChI=1S/C11H22O/c1-3-4-9(2)7-11(12)8-10-5-6-10/h9-12H,3-8H2,1-2H3. The molecule has 0 radical (unpaired) electrons. The quantitative estimate of drug-likeness (QED) is 0.649. The Labute approximate surface area is 76.2 Å². The highest BCUT2D eigenvalue weighted by Gasteiger charge is 2.24. The lowest BCUT2D eigenvalue weighted by Crippen LogP contribution is -2.12. The molecule has 0 heterocycles. The molecule has 0 aromatic heterocycles. The molecule has 0 aliphatic heterocycles. The second-order valence-corrected chi connectivity index (χ2v) is 4.46. The molecule has 0 spiro atoms. The summed E-state index contributed by atoms with van der Waals surface area (Å²) < 4.78 is 0. The molecule has 2 atom stereocenters. The third-order valence-electron chi connectivity index (χ3n) is 2.76. The number of hydrogen-bond donors (Lipinski definition) is 1. The van der Waals surface area contributed by atoms with E-state index < -0.39 is 0 Å². The van der Waals surface area contributed by atoms with E-state index >= 15 is 0 Å². The molecule has 2 unspecified atom stereocenters. The lowest BCUT2D eigenvalue weighted by Gasteiger charge is -2.15. The number of aliphatic hydroxyl groups excluding tert-OH is 1. The maximum atomic E-state index is 9.66. The number of hydrogen-bond acceptors (Lipinski definition) is 1. The fourth-order valence-corrected chi connectivity index (χ4v) is 1.91. The summed E-state index contributed by atoms with van der Waals surface area (Å²) in [5, 5.41) is 9.66. The van der Waals surface area contributed by atoms with Gasteiger partial charge in [0.2, 0.25) is 0 Å². The summed E-state index contributed by atoms with van der Waals surface area (Å²) in [4.78, 5) is 0. The van der Waals surface area contributed by atoms with Crippen LogP contribution < -0.4 is 0 Å². The molecule has 12 heavy (non-hydrogen) atoms. The van der Waals surface area contributed by atoms with Gasteiger partial charge in [-0.05, 0) is 24.7 Å². The lowest BCUT2D eigenvalue weighted by atomic mass is 9.96. The molecule has 72 valence electrons. The van der Waals surface area contributed by atoms with Crippen molar-refractivity contribution in [2.45, 2.75) is 58.5 Å². The maximum Gasteiger partial charge on any atom is 0.0545 e. The highest BCUT2D eigenvalue weighted by molar-refractivity contribution is 4.77. The van der Waals surface area contributed by atoms with E-state index in [0.29, 0.717) is 5.92 Å². The van der Waals surface area contributed by atoms with Gasteiger partial charge in [-0.3, -0.25) is 0 Å². The average molecular weight is 170 g/mol. The van der Waals surface area contributed by atoms with Crippen LogP contribution in [0.5, 0.6) is 0 Å². The normalized spacial score (nSPS) is 22.2. The van der Waals surface area contributed by atoms with Crippen molar-refractivity contribution in [2.24, 2.45) is 11.8 Å². The van der Waals surface area contributed by atoms with Crippen LogP contribution in [-0.4, -0.2) is 11.2 Å². The minimum atomic E-state index is -0.0148. The first kappa shape index (κ1) is 10.0. The van der Waals surface area contributed by atoms with E-state index in [-0.39, 0.29) is 6.10 Å². The monoisotopic (exact) mass is 170 g/mol. The first-order valence-corrected chi connectivity index (χ1v) is 5.40. The molecular formula is C11H22O. The zero-order valence-electron chi connectivity index (χ0n) is 8.42. The van der Waals surface area contributed by atoms with Crippen LogP contribution in [0.2, 0.25) is 0 Å². The van der Waals surface area contributed by atoms with E-state index in [1.54, 1.807) is 0 Å². The topological polar surface area (TPSA) is 20.2 Å². The fraction of sp³-hybridized carbons (Fsp3) is 1.00. The van der Waals surface area contributed by atoms with Gasteiger partial charge in [-0.25, -0.2) is 0 Å². The molecule has 1 nitrogen and oxygen atoms in total. The van der Waals surface area contributed by atoms with Crippen molar-refractivity contribution in [3.8, 4) is 0 Å². The van der Waals surface area contributed by atoms with Crippen molar-refractivity contribution in [3.63, 3.8) is 0 Å². The van der Waals surface area contributed by atoms with Crippen LogP contribution in [0.1, 0.15) is 52.4 Å². The summed E-state index contributed by atoms with van der Waals surface area (Å²) in [5.41, 5.74) is 0. The van der Waals surface area contributed by atoms with Gasteiger partial charge >= 0.3 is 0 Å². The van der Waals surface area contributed by atoms with Gasteiger partial charge in [0.25, 0.3) is 0 Å². The molecule has 0 bridgehead atoms. The zero-order chi connectivity index (χ0) is 8.97. The van der Waals surface area contributed by atoms with Gasteiger partial charge in [-0.1, -0.05) is 39.5 Å². The third-order valence-corrected chi connectivity index (χ3v) is 2.76. The molecule has 1 aliphatic rings. The van der Waals surface area contributed by atoms with Gasteiger partial charge in [0.15, 0.2) is 0 Å². The number of aliphatic hydroxyl groups is 1. The van der Waals surface area contributed by atoms with E-state index in [4.69, 9.17) is 0 Å². The predicted molar refractivity (Wildman–Crippen MR) is 52.0 cm³/mol. The number of rotatable bonds is 6. The third kappa shape index (κ3) is 4.10. The summed E-state index contributed by atoms with van der Waals surface area (Å²) in [6.45, 7) is 4.46. The molecule has 1 aliphatic carbocycles. The molecule has 0 saturated heterocycles. The molecule has 1 saturated carbocycles. The van der Waals surface area contributed by atoms with E-state index in [1.165, 1.54) is 25.7 Å². The van der Waals surface area contributed by atoms with Crippen molar-refractivity contribution in [3.05, 3.63) is 0 Å². The Bertz CT molecular complexity index is 118. The lowest BCUT2D eigenvalue weighted by molar-refractivity contribution is 0.128. The molecule has 1 heteroatoms. The van der Waals surface area contributed by atoms with Crippen molar-refractivity contribution in [1.82, 2.24) is 0 Å². The van der Waals surface area contributed by atoms with Crippen LogP contribution in [0.4, 0.5) is 0 Å².